The number of carbonyl (C=O) groups is 2. The third-order valence-electron chi connectivity index (χ3n) is 8.91. The molecule has 0 spiro atoms. The molecule has 12 heteroatoms. The van der Waals surface area contributed by atoms with Crippen molar-refractivity contribution in [3.63, 3.8) is 0 Å². The average Bonchev–Trinajstić information content (AvgIpc) is 3.46. The summed E-state index contributed by atoms with van der Waals surface area (Å²) in [5.41, 5.74) is 2.51. The first-order chi connectivity index (χ1) is 23.2. The minimum absolute atomic E-state index is 0.00183. The molecule has 3 aromatic carbocycles. The third-order valence-corrected chi connectivity index (χ3v) is 8.91. The van der Waals surface area contributed by atoms with Crippen LogP contribution in [0.25, 0.3) is 22.0 Å². The monoisotopic (exact) mass is 675 g/mol. The Morgan fingerprint density at radius 3 is 2.49 bits per heavy atom. The van der Waals surface area contributed by atoms with Crippen LogP contribution in [-0.4, -0.2) is 70.0 Å². The van der Waals surface area contributed by atoms with E-state index in [4.69, 9.17) is 0 Å². The lowest BCUT2D eigenvalue weighted by molar-refractivity contribution is -0.137. The van der Waals surface area contributed by atoms with Gasteiger partial charge in [-0.2, -0.15) is 13.2 Å². The summed E-state index contributed by atoms with van der Waals surface area (Å²) < 4.78 is 41.4. The van der Waals surface area contributed by atoms with Crippen LogP contribution in [0, 0.1) is 6.92 Å². The number of urea groups is 1. The molecule has 3 N–H and O–H groups in total. The maximum atomic E-state index is 13.8. The van der Waals surface area contributed by atoms with E-state index in [9.17, 15) is 22.8 Å². The number of nitrogens with zero attached hydrogens (tertiary/aromatic N) is 4. The van der Waals surface area contributed by atoms with E-state index in [2.05, 4.69) is 44.7 Å². The van der Waals surface area contributed by atoms with Gasteiger partial charge in [-0.3, -0.25) is 4.79 Å². The van der Waals surface area contributed by atoms with Crippen molar-refractivity contribution in [1.29, 1.82) is 0 Å². The highest BCUT2D eigenvalue weighted by atomic mass is 19.4. The van der Waals surface area contributed by atoms with E-state index < -0.39 is 29.2 Å². The Bertz CT molecular complexity index is 1830. The minimum atomic E-state index is -4.62. The number of amides is 3. The highest BCUT2D eigenvalue weighted by Gasteiger charge is 2.41. The normalized spacial score (nSPS) is 15.2. The van der Waals surface area contributed by atoms with Gasteiger partial charge in [-0.15, -0.1) is 0 Å². The molecule has 4 aromatic rings. The van der Waals surface area contributed by atoms with Crippen molar-refractivity contribution >= 4 is 34.5 Å². The molecule has 0 saturated carbocycles. The van der Waals surface area contributed by atoms with Gasteiger partial charge in [0.1, 0.15) is 0 Å². The lowest BCUT2D eigenvalue weighted by atomic mass is 9.96. The molecular formula is C37H44F3N7O2. The van der Waals surface area contributed by atoms with Gasteiger partial charge in [-0.1, -0.05) is 32.0 Å². The molecule has 3 amide bonds. The van der Waals surface area contributed by atoms with E-state index in [1.165, 1.54) is 6.07 Å². The van der Waals surface area contributed by atoms with Gasteiger partial charge in [-0.05, 0) is 107 Å². The molecule has 1 aliphatic rings. The summed E-state index contributed by atoms with van der Waals surface area (Å²) in [6.07, 6.45) is -1.87. The summed E-state index contributed by atoms with van der Waals surface area (Å²) in [4.78, 5) is 39.5. The summed E-state index contributed by atoms with van der Waals surface area (Å²) >= 11 is 0. The molecule has 0 bridgehead atoms. The SMILES string of the molecule is CCN(CC)CCCNc1ncc2cc(-c3cc(C(=O)Nc4cc(C(F)(F)F)ccc4C4CNC(=O)N4C(C)(C)C)ccc3C)ccc2n1. The Labute approximate surface area is 285 Å². The van der Waals surface area contributed by atoms with Crippen molar-refractivity contribution in [1.82, 2.24) is 25.1 Å². The van der Waals surface area contributed by atoms with Crippen LogP contribution in [0.1, 0.15) is 74.1 Å². The molecular weight excluding hydrogens is 631 g/mol. The fourth-order valence-electron chi connectivity index (χ4n) is 6.25. The number of nitrogens with one attached hydrogen (secondary N) is 3. The molecule has 5 rings (SSSR count). The first-order valence-corrected chi connectivity index (χ1v) is 16.6. The summed E-state index contributed by atoms with van der Waals surface area (Å²) in [7, 11) is 0. The molecule has 1 aromatic heterocycles. The second-order valence-electron chi connectivity index (χ2n) is 13.3. The highest BCUT2D eigenvalue weighted by molar-refractivity contribution is 6.06. The van der Waals surface area contributed by atoms with E-state index in [1.807, 2.05) is 52.0 Å². The zero-order valence-corrected chi connectivity index (χ0v) is 28.8. The molecule has 0 aliphatic carbocycles. The number of alkyl halides is 3. The van der Waals surface area contributed by atoms with Gasteiger partial charge in [0.25, 0.3) is 5.91 Å². The van der Waals surface area contributed by atoms with Crippen LogP contribution in [0.15, 0.2) is 60.8 Å². The molecule has 1 atom stereocenters. The standard InChI is InChI=1S/C37H44F3N7O2/c1-7-46(8-2)17-9-16-41-34-42-21-26-18-24(12-15-30(26)45-34)29-19-25(11-10-23(29)3)33(48)44-31-20-27(37(38,39)40)13-14-28(31)32-22-43-35(49)47(32)36(4,5)6/h10-15,18-21,32H,7-9,16-17,22H2,1-6H3,(H,43,49)(H,44,48)(H,41,42,45). The van der Waals surface area contributed by atoms with E-state index in [0.29, 0.717) is 11.5 Å². The van der Waals surface area contributed by atoms with Crippen LogP contribution in [0.2, 0.25) is 0 Å². The van der Waals surface area contributed by atoms with Crippen molar-refractivity contribution in [2.75, 3.05) is 43.4 Å². The third kappa shape index (κ3) is 8.13. The smallest absolute Gasteiger partial charge is 0.354 e. The van der Waals surface area contributed by atoms with Crippen molar-refractivity contribution in [2.45, 2.75) is 65.7 Å². The number of carbonyl (C=O) groups excluding carboxylic acids is 2. The van der Waals surface area contributed by atoms with Crippen molar-refractivity contribution < 1.29 is 22.8 Å². The Morgan fingerprint density at radius 2 is 1.80 bits per heavy atom. The molecule has 0 radical (unpaired) electrons. The number of rotatable bonds is 11. The number of hydrogen-bond donors (Lipinski definition) is 3. The van der Waals surface area contributed by atoms with E-state index in [-0.39, 0.29) is 23.8 Å². The zero-order valence-electron chi connectivity index (χ0n) is 28.8. The lowest BCUT2D eigenvalue weighted by Gasteiger charge is -2.36. The van der Waals surface area contributed by atoms with Gasteiger partial charge in [0.2, 0.25) is 5.95 Å². The van der Waals surface area contributed by atoms with Crippen LogP contribution < -0.4 is 16.0 Å². The zero-order chi connectivity index (χ0) is 35.5. The van der Waals surface area contributed by atoms with Gasteiger partial charge >= 0.3 is 12.2 Å². The van der Waals surface area contributed by atoms with Gasteiger partial charge in [0, 0.05) is 47.0 Å². The number of hydrogen-bond acceptors (Lipinski definition) is 6. The number of fused-ring (bicyclic) bond motifs is 1. The molecule has 1 unspecified atom stereocenters. The Morgan fingerprint density at radius 1 is 1.04 bits per heavy atom. The van der Waals surface area contributed by atoms with Gasteiger partial charge in [0.15, 0.2) is 0 Å². The molecule has 9 nitrogen and oxygen atoms in total. The summed E-state index contributed by atoms with van der Waals surface area (Å²) in [6, 6.07) is 13.3. The van der Waals surface area contributed by atoms with Crippen LogP contribution in [0.5, 0.6) is 0 Å². The maximum Gasteiger partial charge on any atom is 0.416 e. The second-order valence-corrected chi connectivity index (χ2v) is 13.3. The summed E-state index contributed by atoms with van der Waals surface area (Å²) in [5, 5.41) is 9.66. The summed E-state index contributed by atoms with van der Waals surface area (Å²) in [5.74, 6) is -0.00534. The molecule has 260 valence electrons. The first kappa shape index (κ1) is 35.6. The van der Waals surface area contributed by atoms with E-state index >= 15 is 0 Å². The Balaban J connectivity index is 1.39. The number of benzene rings is 3. The number of anilines is 2. The van der Waals surface area contributed by atoms with Crippen molar-refractivity contribution in [2.24, 2.45) is 0 Å². The molecule has 1 saturated heterocycles. The highest BCUT2D eigenvalue weighted by Crippen LogP contribution is 2.39. The minimum Gasteiger partial charge on any atom is -0.354 e. The Hall–Kier alpha value is -4.71. The van der Waals surface area contributed by atoms with Crippen LogP contribution in [0.4, 0.5) is 29.6 Å². The topological polar surface area (TPSA) is 102 Å². The molecule has 1 fully saturated rings. The van der Waals surface area contributed by atoms with Crippen LogP contribution in [-0.2, 0) is 6.18 Å². The van der Waals surface area contributed by atoms with Gasteiger partial charge < -0.3 is 25.8 Å². The van der Waals surface area contributed by atoms with E-state index in [0.717, 1.165) is 72.3 Å². The fourth-order valence-corrected chi connectivity index (χ4v) is 6.25. The van der Waals surface area contributed by atoms with Gasteiger partial charge in [0.05, 0.1) is 17.1 Å². The number of aryl methyl sites for hydroxylation is 1. The van der Waals surface area contributed by atoms with Crippen molar-refractivity contribution in [3.05, 3.63) is 83.0 Å². The Kier molecular flexibility index (Phi) is 10.5. The van der Waals surface area contributed by atoms with Crippen molar-refractivity contribution in [3.8, 4) is 11.1 Å². The largest absolute Gasteiger partial charge is 0.416 e. The number of halogens is 3. The van der Waals surface area contributed by atoms with Crippen LogP contribution >= 0.6 is 0 Å². The predicted molar refractivity (Wildman–Crippen MR) is 188 cm³/mol. The molecule has 2 heterocycles. The lowest BCUT2D eigenvalue weighted by Crippen LogP contribution is -2.44. The maximum absolute atomic E-state index is 13.8. The average molecular weight is 676 g/mol. The molecule has 1 aliphatic heterocycles. The summed E-state index contributed by atoms with van der Waals surface area (Å²) in [6.45, 7) is 15.8. The van der Waals surface area contributed by atoms with Crippen LogP contribution in [0.3, 0.4) is 0 Å². The first-order valence-electron chi connectivity index (χ1n) is 16.6. The number of aromatic nitrogens is 2. The predicted octanol–water partition coefficient (Wildman–Crippen LogP) is 7.88. The second kappa shape index (κ2) is 14.4. The molecule has 49 heavy (non-hydrogen) atoms. The van der Waals surface area contributed by atoms with E-state index in [1.54, 1.807) is 23.2 Å². The fraction of sp³-hybridized carbons (Fsp3) is 0.405. The van der Waals surface area contributed by atoms with Gasteiger partial charge in [-0.25, -0.2) is 14.8 Å². The quantitative estimate of drug-likeness (QED) is 0.140.